The number of thioether (sulfide) groups is 1. The van der Waals surface area contributed by atoms with Crippen LogP contribution in [0.5, 0.6) is 0 Å². The summed E-state index contributed by atoms with van der Waals surface area (Å²) in [6.45, 7) is 0.621. The molecule has 3 unspecified atom stereocenters. The van der Waals surface area contributed by atoms with Crippen LogP contribution in [0.3, 0.4) is 0 Å². The number of anilines is 2. The summed E-state index contributed by atoms with van der Waals surface area (Å²) in [6, 6.07) is 6.07. The summed E-state index contributed by atoms with van der Waals surface area (Å²) in [5.41, 5.74) is 2.96. The fourth-order valence-corrected chi connectivity index (χ4v) is 3.59. The van der Waals surface area contributed by atoms with Gasteiger partial charge in [-0.1, -0.05) is 11.8 Å². The third kappa shape index (κ3) is 2.31. The first-order valence-corrected chi connectivity index (χ1v) is 7.38. The molecule has 2 heterocycles. The molecule has 0 amide bonds. The highest BCUT2D eigenvalue weighted by atomic mass is 32.2. The first-order chi connectivity index (χ1) is 9.72. The lowest BCUT2D eigenvalue weighted by Gasteiger charge is -2.28. The molecule has 0 saturated carbocycles. The van der Waals surface area contributed by atoms with Crippen molar-refractivity contribution in [3.63, 3.8) is 0 Å². The van der Waals surface area contributed by atoms with Crippen molar-refractivity contribution in [3.05, 3.63) is 17.7 Å². The van der Waals surface area contributed by atoms with E-state index in [9.17, 15) is 5.11 Å². The summed E-state index contributed by atoms with van der Waals surface area (Å²) in [7, 11) is 0. The summed E-state index contributed by atoms with van der Waals surface area (Å²) < 4.78 is 0. The quantitative estimate of drug-likeness (QED) is 0.553. The van der Waals surface area contributed by atoms with Crippen molar-refractivity contribution in [2.45, 2.75) is 23.0 Å². The number of hydrogen-bond donors (Lipinski definition) is 5. The first kappa shape index (κ1) is 13.5. The Bertz CT molecular complexity index is 560. The minimum Gasteiger partial charge on any atom is -0.395 e. The zero-order chi connectivity index (χ0) is 14.1. The molecule has 1 aromatic carbocycles. The second-order valence-electron chi connectivity index (χ2n) is 4.81. The summed E-state index contributed by atoms with van der Waals surface area (Å²) in [5, 5.41) is 37.3. The molecule has 0 aromatic heterocycles. The van der Waals surface area contributed by atoms with E-state index in [2.05, 4.69) is 22.0 Å². The molecule has 0 radical (unpaired) electrons. The topological polar surface area (TPSA) is 100 Å². The molecule has 7 heteroatoms. The van der Waals surface area contributed by atoms with E-state index >= 15 is 0 Å². The molecule has 2 aliphatic heterocycles. The highest BCUT2D eigenvalue weighted by molar-refractivity contribution is 8.00. The molecule has 5 N–H and O–H groups in total. The molecule has 0 bridgehead atoms. The van der Waals surface area contributed by atoms with Crippen LogP contribution in [-0.2, 0) is 6.42 Å². The van der Waals surface area contributed by atoms with Crippen LogP contribution in [0.4, 0.5) is 11.4 Å². The number of aliphatic hydroxyl groups excluding tert-OH is 2. The maximum Gasteiger partial charge on any atom is 0.140 e. The van der Waals surface area contributed by atoms with E-state index in [1.54, 1.807) is 11.8 Å². The highest BCUT2D eigenvalue weighted by Gasteiger charge is 2.32. The number of nitrogens with zero attached hydrogens (tertiary/aromatic N) is 1. The number of aliphatic hydroxyl groups is 2. The molecule has 0 saturated heterocycles. The number of fused-ring (bicyclic) bond motifs is 3. The standard InChI is InChI=1S/C13H16N4O2S/c14-6-7-5-8-9(16-12(7)19)1-2-10-11(8)17-13(20-10)15-3-4-18/h1-2,7,12-13,15-19H,3-5H2. The Labute approximate surface area is 121 Å². The predicted octanol–water partition coefficient (Wildman–Crippen LogP) is 0.496. The summed E-state index contributed by atoms with van der Waals surface area (Å²) >= 11 is 1.65. The van der Waals surface area contributed by atoms with Gasteiger partial charge in [0.05, 0.1) is 24.3 Å². The third-order valence-corrected chi connectivity index (χ3v) is 4.63. The number of hydrogen-bond acceptors (Lipinski definition) is 7. The van der Waals surface area contributed by atoms with Gasteiger partial charge in [0.15, 0.2) is 0 Å². The van der Waals surface area contributed by atoms with Gasteiger partial charge < -0.3 is 20.8 Å². The van der Waals surface area contributed by atoms with Crippen molar-refractivity contribution in [2.75, 3.05) is 23.8 Å². The molecule has 3 rings (SSSR count). The Morgan fingerprint density at radius 2 is 2.30 bits per heavy atom. The second-order valence-corrected chi connectivity index (χ2v) is 5.96. The molecule has 0 fully saturated rings. The van der Waals surface area contributed by atoms with Crippen LogP contribution in [0.25, 0.3) is 0 Å². The van der Waals surface area contributed by atoms with Crippen molar-refractivity contribution in [2.24, 2.45) is 5.92 Å². The Balaban J connectivity index is 1.86. The van der Waals surface area contributed by atoms with Crippen molar-refractivity contribution >= 4 is 23.1 Å². The van der Waals surface area contributed by atoms with Crippen LogP contribution in [0.15, 0.2) is 17.0 Å². The second kappa shape index (κ2) is 5.50. The number of nitrogens with one attached hydrogen (secondary N) is 3. The lowest BCUT2D eigenvalue weighted by Crippen LogP contribution is -2.35. The average Bonchev–Trinajstić information content (AvgIpc) is 2.87. The monoisotopic (exact) mass is 292 g/mol. The predicted molar refractivity (Wildman–Crippen MR) is 77.2 cm³/mol. The zero-order valence-corrected chi connectivity index (χ0v) is 11.6. The van der Waals surface area contributed by atoms with Crippen LogP contribution in [-0.4, -0.2) is 35.1 Å². The Morgan fingerprint density at radius 1 is 1.45 bits per heavy atom. The van der Waals surface area contributed by atoms with E-state index in [1.165, 1.54) is 0 Å². The molecule has 1 aromatic rings. The molecule has 6 nitrogen and oxygen atoms in total. The maximum atomic E-state index is 9.83. The van der Waals surface area contributed by atoms with Crippen LogP contribution in [0.2, 0.25) is 0 Å². The minimum absolute atomic E-state index is 0.0241. The van der Waals surface area contributed by atoms with Crippen molar-refractivity contribution in [1.29, 1.82) is 5.26 Å². The van der Waals surface area contributed by atoms with Gasteiger partial charge in [0, 0.05) is 22.7 Å². The molecular weight excluding hydrogens is 276 g/mol. The Kier molecular flexibility index (Phi) is 3.72. The molecule has 0 spiro atoms. The lowest BCUT2D eigenvalue weighted by atomic mass is 9.92. The molecule has 20 heavy (non-hydrogen) atoms. The van der Waals surface area contributed by atoms with E-state index in [-0.39, 0.29) is 12.1 Å². The van der Waals surface area contributed by atoms with E-state index in [1.807, 2.05) is 12.1 Å². The average molecular weight is 292 g/mol. The zero-order valence-electron chi connectivity index (χ0n) is 10.8. The first-order valence-electron chi connectivity index (χ1n) is 6.50. The van der Waals surface area contributed by atoms with E-state index in [0.717, 1.165) is 21.8 Å². The smallest absolute Gasteiger partial charge is 0.140 e. The van der Waals surface area contributed by atoms with E-state index in [4.69, 9.17) is 10.4 Å². The Hall–Kier alpha value is -1.46. The van der Waals surface area contributed by atoms with Crippen molar-refractivity contribution in [1.82, 2.24) is 5.32 Å². The van der Waals surface area contributed by atoms with Crippen LogP contribution >= 0.6 is 11.8 Å². The van der Waals surface area contributed by atoms with E-state index in [0.29, 0.717) is 13.0 Å². The van der Waals surface area contributed by atoms with Gasteiger partial charge in [-0.2, -0.15) is 5.26 Å². The molecule has 2 aliphatic rings. The minimum atomic E-state index is -0.817. The van der Waals surface area contributed by atoms with E-state index < -0.39 is 12.1 Å². The SMILES string of the molecule is N#CC1Cc2c(ccc3c2NC(NCCO)S3)NC1O. The third-order valence-electron chi connectivity index (χ3n) is 3.51. The van der Waals surface area contributed by atoms with Gasteiger partial charge in [-0.25, -0.2) is 0 Å². The van der Waals surface area contributed by atoms with Gasteiger partial charge >= 0.3 is 0 Å². The Morgan fingerprint density at radius 3 is 3.05 bits per heavy atom. The van der Waals surface area contributed by atoms with Crippen molar-refractivity contribution in [3.8, 4) is 6.07 Å². The molecular formula is C13H16N4O2S. The normalized spacial score (nSPS) is 26.9. The van der Waals surface area contributed by atoms with Gasteiger partial charge in [-0.3, -0.25) is 5.32 Å². The maximum absolute atomic E-state index is 9.83. The molecule has 0 aliphatic carbocycles. The summed E-state index contributed by atoms with van der Waals surface area (Å²) in [4.78, 5) is 1.12. The number of nitriles is 1. The summed E-state index contributed by atoms with van der Waals surface area (Å²) in [5.74, 6) is -0.440. The summed E-state index contributed by atoms with van der Waals surface area (Å²) in [6.07, 6.45) is -0.286. The van der Waals surface area contributed by atoms with Gasteiger partial charge in [0.25, 0.3) is 0 Å². The van der Waals surface area contributed by atoms with Crippen LogP contribution in [0, 0.1) is 17.2 Å². The van der Waals surface area contributed by atoms with Gasteiger partial charge in [0.2, 0.25) is 0 Å². The van der Waals surface area contributed by atoms with Crippen LogP contribution < -0.4 is 16.0 Å². The largest absolute Gasteiger partial charge is 0.395 e. The molecule has 3 atom stereocenters. The number of rotatable bonds is 3. The fraction of sp³-hybridized carbons (Fsp3) is 0.462. The lowest BCUT2D eigenvalue weighted by molar-refractivity contribution is 0.156. The molecule has 106 valence electrons. The van der Waals surface area contributed by atoms with Crippen molar-refractivity contribution < 1.29 is 10.2 Å². The fourth-order valence-electron chi connectivity index (χ4n) is 2.51. The van der Waals surface area contributed by atoms with Crippen LogP contribution in [0.1, 0.15) is 5.56 Å². The highest BCUT2D eigenvalue weighted by Crippen LogP contribution is 2.44. The van der Waals surface area contributed by atoms with Gasteiger partial charge in [0.1, 0.15) is 11.7 Å². The number of benzene rings is 1. The van der Waals surface area contributed by atoms with Gasteiger partial charge in [-0.05, 0) is 18.6 Å². The van der Waals surface area contributed by atoms with Gasteiger partial charge in [-0.15, -0.1) is 0 Å².